The van der Waals surface area contributed by atoms with Crippen molar-refractivity contribution in [2.24, 2.45) is 5.73 Å². The van der Waals surface area contributed by atoms with Crippen LogP contribution in [-0.4, -0.2) is 25.9 Å². The van der Waals surface area contributed by atoms with Crippen molar-refractivity contribution >= 4 is 10.9 Å². The first-order chi connectivity index (χ1) is 10.3. The van der Waals surface area contributed by atoms with Crippen molar-refractivity contribution in [3.05, 3.63) is 48.2 Å². The standard InChI is InChI=1S/C16H21N5/c1-2-9-21-15(18-12-19-21)11-20-10-7-14-5-3-4-13(6-8-17)16(14)20/h3-5,7,10,12H,2,6,8-9,11,17H2,1H3. The summed E-state index contributed by atoms with van der Waals surface area (Å²) >= 11 is 0. The lowest BCUT2D eigenvalue weighted by atomic mass is 10.1. The fourth-order valence-electron chi connectivity index (χ4n) is 2.79. The van der Waals surface area contributed by atoms with Gasteiger partial charge in [0.25, 0.3) is 0 Å². The molecule has 0 radical (unpaired) electrons. The van der Waals surface area contributed by atoms with Crippen LogP contribution in [0.3, 0.4) is 0 Å². The van der Waals surface area contributed by atoms with E-state index in [0.29, 0.717) is 6.54 Å². The van der Waals surface area contributed by atoms with Crippen molar-refractivity contribution in [1.29, 1.82) is 0 Å². The summed E-state index contributed by atoms with van der Waals surface area (Å²) in [4.78, 5) is 4.40. The monoisotopic (exact) mass is 283 g/mol. The highest BCUT2D eigenvalue weighted by Crippen LogP contribution is 2.21. The highest BCUT2D eigenvalue weighted by atomic mass is 15.3. The summed E-state index contributed by atoms with van der Waals surface area (Å²) in [6.45, 7) is 4.46. The zero-order valence-electron chi connectivity index (χ0n) is 12.4. The molecule has 0 aliphatic carbocycles. The summed E-state index contributed by atoms with van der Waals surface area (Å²) in [5.74, 6) is 0.997. The van der Waals surface area contributed by atoms with Gasteiger partial charge in [-0.05, 0) is 36.4 Å². The van der Waals surface area contributed by atoms with Crippen LogP contribution in [0, 0.1) is 0 Å². The zero-order chi connectivity index (χ0) is 14.7. The van der Waals surface area contributed by atoms with Crippen LogP contribution >= 0.6 is 0 Å². The molecule has 2 heterocycles. The number of nitrogens with two attached hydrogens (primary N) is 1. The van der Waals surface area contributed by atoms with Crippen LogP contribution in [0.1, 0.15) is 24.7 Å². The van der Waals surface area contributed by atoms with Crippen molar-refractivity contribution in [3.8, 4) is 0 Å². The lowest BCUT2D eigenvalue weighted by Gasteiger charge is -2.10. The van der Waals surface area contributed by atoms with Gasteiger partial charge in [0.2, 0.25) is 0 Å². The van der Waals surface area contributed by atoms with Gasteiger partial charge in [0.05, 0.1) is 12.1 Å². The third-order valence-corrected chi connectivity index (χ3v) is 3.73. The molecule has 0 saturated carbocycles. The third kappa shape index (κ3) is 2.69. The Morgan fingerprint density at radius 1 is 1.24 bits per heavy atom. The lowest BCUT2D eigenvalue weighted by Crippen LogP contribution is -2.10. The Hall–Kier alpha value is -2.14. The molecule has 2 aromatic heterocycles. The molecule has 0 amide bonds. The molecule has 0 saturated heterocycles. The van der Waals surface area contributed by atoms with Crippen LogP contribution in [0.2, 0.25) is 0 Å². The summed E-state index contributed by atoms with van der Waals surface area (Å²) in [5.41, 5.74) is 8.29. The van der Waals surface area contributed by atoms with Crippen molar-refractivity contribution in [2.75, 3.05) is 6.54 Å². The first kappa shape index (κ1) is 13.8. The lowest BCUT2D eigenvalue weighted by molar-refractivity contribution is 0.557. The molecule has 0 fully saturated rings. The number of aryl methyl sites for hydroxylation is 1. The van der Waals surface area contributed by atoms with Crippen LogP contribution in [0.4, 0.5) is 0 Å². The van der Waals surface area contributed by atoms with E-state index in [9.17, 15) is 0 Å². The Labute approximate surface area is 124 Å². The maximum atomic E-state index is 5.73. The molecule has 3 rings (SSSR count). The Kier molecular flexibility index (Phi) is 4.01. The van der Waals surface area contributed by atoms with Gasteiger partial charge in [0.1, 0.15) is 12.2 Å². The van der Waals surface area contributed by atoms with Crippen LogP contribution in [0.25, 0.3) is 10.9 Å². The topological polar surface area (TPSA) is 61.7 Å². The molecule has 5 nitrogen and oxygen atoms in total. The quantitative estimate of drug-likeness (QED) is 0.754. The highest BCUT2D eigenvalue weighted by Gasteiger charge is 2.09. The predicted molar refractivity (Wildman–Crippen MR) is 84.1 cm³/mol. The Morgan fingerprint density at radius 2 is 2.14 bits per heavy atom. The van der Waals surface area contributed by atoms with Gasteiger partial charge in [0.15, 0.2) is 0 Å². The van der Waals surface area contributed by atoms with E-state index in [0.717, 1.165) is 31.8 Å². The van der Waals surface area contributed by atoms with Crippen LogP contribution in [-0.2, 0) is 19.5 Å². The second-order valence-corrected chi connectivity index (χ2v) is 5.24. The van der Waals surface area contributed by atoms with Gasteiger partial charge >= 0.3 is 0 Å². The molecule has 0 aliphatic rings. The number of hydrogen-bond donors (Lipinski definition) is 1. The van der Waals surface area contributed by atoms with Crippen LogP contribution < -0.4 is 5.73 Å². The van der Waals surface area contributed by atoms with Crippen LogP contribution in [0.5, 0.6) is 0 Å². The second kappa shape index (κ2) is 6.10. The van der Waals surface area contributed by atoms with E-state index in [1.807, 2.05) is 4.68 Å². The molecular weight excluding hydrogens is 262 g/mol. The summed E-state index contributed by atoms with van der Waals surface area (Å²) in [7, 11) is 0. The van der Waals surface area contributed by atoms with Crippen molar-refractivity contribution in [1.82, 2.24) is 19.3 Å². The minimum absolute atomic E-state index is 0.663. The molecule has 0 bridgehead atoms. The zero-order valence-corrected chi connectivity index (χ0v) is 12.4. The molecule has 5 heteroatoms. The molecule has 2 N–H and O–H groups in total. The summed E-state index contributed by atoms with van der Waals surface area (Å²) < 4.78 is 4.23. The number of aromatic nitrogens is 4. The molecular formula is C16H21N5. The van der Waals surface area contributed by atoms with Gasteiger partial charge in [-0.2, -0.15) is 5.10 Å². The normalized spacial score (nSPS) is 11.3. The van der Waals surface area contributed by atoms with Gasteiger partial charge in [-0.3, -0.25) is 0 Å². The van der Waals surface area contributed by atoms with Crippen molar-refractivity contribution in [2.45, 2.75) is 32.9 Å². The summed E-state index contributed by atoms with van der Waals surface area (Å²) in [6, 6.07) is 8.54. The third-order valence-electron chi connectivity index (χ3n) is 3.73. The number of para-hydroxylation sites is 1. The average Bonchev–Trinajstić information content (AvgIpc) is 3.09. The smallest absolute Gasteiger partial charge is 0.146 e. The number of rotatable bonds is 6. The Morgan fingerprint density at radius 3 is 2.95 bits per heavy atom. The molecule has 1 aromatic carbocycles. The number of nitrogens with zero attached hydrogens (tertiary/aromatic N) is 4. The first-order valence-electron chi connectivity index (χ1n) is 7.47. The molecule has 0 unspecified atom stereocenters. The average molecular weight is 283 g/mol. The molecule has 0 atom stereocenters. The van der Waals surface area contributed by atoms with Gasteiger partial charge in [-0.15, -0.1) is 0 Å². The number of fused-ring (bicyclic) bond motifs is 1. The molecule has 21 heavy (non-hydrogen) atoms. The maximum Gasteiger partial charge on any atom is 0.146 e. The molecule has 3 aromatic rings. The first-order valence-corrected chi connectivity index (χ1v) is 7.47. The van der Waals surface area contributed by atoms with E-state index >= 15 is 0 Å². The largest absolute Gasteiger partial charge is 0.340 e. The van der Waals surface area contributed by atoms with E-state index in [-0.39, 0.29) is 0 Å². The van der Waals surface area contributed by atoms with E-state index in [1.165, 1.54) is 16.5 Å². The van der Waals surface area contributed by atoms with E-state index in [1.54, 1.807) is 6.33 Å². The Balaban J connectivity index is 1.98. The van der Waals surface area contributed by atoms with Gasteiger partial charge < -0.3 is 10.3 Å². The maximum absolute atomic E-state index is 5.73. The molecule has 0 spiro atoms. The number of hydrogen-bond acceptors (Lipinski definition) is 3. The van der Waals surface area contributed by atoms with Gasteiger partial charge in [-0.25, -0.2) is 9.67 Å². The SMILES string of the molecule is CCCn1ncnc1Cn1ccc2cccc(CCN)c21. The van der Waals surface area contributed by atoms with Gasteiger partial charge in [-0.1, -0.05) is 25.1 Å². The van der Waals surface area contributed by atoms with E-state index in [2.05, 4.69) is 52.0 Å². The minimum Gasteiger partial charge on any atom is -0.340 e. The van der Waals surface area contributed by atoms with E-state index < -0.39 is 0 Å². The predicted octanol–water partition coefficient (Wildman–Crippen LogP) is 2.19. The summed E-state index contributed by atoms with van der Waals surface area (Å²) in [5, 5.41) is 5.55. The summed E-state index contributed by atoms with van der Waals surface area (Å²) in [6.07, 6.45) is 5.71. The highest BCUT2D eigenvalue weighted by molar-refractivity contribution is 5.83. The fraction of sp³-hybridized carbons (Fsp3) is 0.375. The fourth-order valence-corrected chi connectivity index (χ4v) is 2.79. The minimum atomic E-state index is 0.663. The van der Waals surface area contributed by atoms with Crippen molar-refractivity contribution < 1.29 is 0 Å². The van der Waals surface area contributed by atoms with Crippen molar-refractivity contribution in [3.63, 3.8) is 0 Å². The Bertz CT molecular complexity index is 725. The number of benzene rings is 1. The molecule has 0 aliphatic heterocycles. The van der Waals surface area contributed by atoms with E-state index in [4.69, 9.17) is 5.73 Å². The molecule has 110 valence electrons. The second-order valence-electron chi connectivity index (χ2n) is 5.24. The van der Waals surface area contributed by atoms with Crippen LogP contribution in [0.15, 0.2) is 36.8 Å². The van der Waals surface area contributed by atoms with Gasteiger partial charge in [0, 0.05) is 12.7 Å².